The molecule has 0 spiro atoms. The number of ether oxygens (including phenoxy) is 1. The Morgan fingerprint density at radius 1 is 1.07 bits per heavy atom. The van der Waals surface area contributed by atoms with Crippen LogP contribution in [0.3, 0.4) is 0 Å². The van der Waals surface area contributed by atoms with Crippen LogP contribution in [0.5, 0.6) is 0 Å². The van der Waals surface area contributed by atoms with Crippen molar-refractivity contribution >= 4 is 36.6 Å². The molecule has 7 nitrogen and oxygen atoms in total. The lowest BCUT2D eigenvalue weighted by molar-refractivity contribution is -0.124. The minimum absolute atomic E-state index is 0. The van der Waals surface area contributed by atoms with Gasteiger partial charge in [0.05, 0.1) is 6.04 Å². The van der Waals surface area contributed by atoms with Gasteiger partial charge in [-0.1, -0.05) is 12.1 Å². The van der Waals surface area contributed by atoms with Crippen LogP contribution in [0.25, 0.3) is 0 Å². The second kappa shape index (κ2) is 13.8. The summed E-state index contributed by atoms with van der Waals surface area (Å²) in [6, 6.07) is 6.84. The third-order valence-electron chi connectivity index (χ3n) is 5.67. The van der Waals surface area contributed by atoms with Crippen molar-refractivity contribution in [3.05, 3.63) is 35.4 Å². The largest absolute Gasteiger partial charge is 0.381 e. The van der Waals surface area contributed by atoms with Crippen LogP contribution in [0, 0.1) is 5.92 Å². The summed E-state index contributed by atoms with van der Waals surface area (Å²) in [5.41, 5.74) is 7.67. The van der Waals surface area contributed by atoms with Crippen molar-refractivity contribution in [3.63, 3.8) is 0 Å². The summed E-state index contributed by atoms with van der Waals surface area (Å²) in [6.07, 6.45) is 4.17. The Morgan fingerprint density at radius 3 is 2.33 bits per heavy atom. The van der Waals surface area contributed by atoms with Crippen LogP contribution >= 0.6 is 24.8 Å². The number of likely N-dealkylation sites (tertiary alicyclic amines) is 1. The quantitative estimate of drug-likeness (QED) is 0.548. The molecule has 2 amide bonds. The molecule has 1 aromatic carbocycles. The van der Waals surface area contributed by atoms with Crippen molar-refractivity contribution in [1.82, 2.24) is 15.5 Å². The highest BCUT2D eigenvalue weighted by molar-refractivity contribution is 5.94. The monoisotopic (exact) mass is 460 g/mol. The van der Waals surface area contributed by atoms with E-state index in [-0.39, 0.29) is 42.5 Å². The summed E-state index contributed by atoms with van der Waals surface area (Å²) in [5.74, 6) is -0.00710. The zero-order valence-electron chi connectivity index (χ0n) is 17.3. The van der Waals surface area contributed by atoms with Crippen molar-refractivity contribution < 1.29 is 14.3 Å². The highest BCUT2D eigenvalue weighted by Gasteiger charge is 2.26. The number of amides is 2. The smallest absolute Gasteiger partial charge is 0.251 e. The van der Waals surface area contributed by atoms with Gasteiger partial charge in [0.15, 0.2) is 0 Å². The second-order valence-electron chi connectivity index (χ2n) is 7.69. The van der Waals surface area contributed by atoms with E-state index in [9.17, 15) is 9.59 Å². The number of benzene rings is 1. The molecule has 0 bridgehead atoms. The molecule has 1 unspecified atom stereocenters. The number of rotatable bonds is 8. The van der Waals surface area contributed by atoms with E-state index in [1.807, 2.05) is 12.1 Å². The average molecular weight is 461 g/mol. The number of hydrogen-bond acceptors (Lipinski definition) is 5. The third kappa shape index (κ3) is 8.04. The maximum Gasteiger partial charge on any atom is 0.251 e. The fourth-order valence-corrected chi connectivity index (χ4v) is 3.81. The fraction of sp³-hybridized carbons (Fsp3) is 0.619. The first-order chi connectivity index (χ1) is 13.6. The van der Waals surface area contributed by atoms with Crippen molar-refractivity contribution in [2.24, 2.45) is 11.7 Å². The summed E-state index contributed by atoms with van der Waals surface area (Å²) in [5, 5.41) is 5.87. The molecule has 1 atom stereocenters. The predicted octanol–water partition coefficient (Wildman–Crippen LogP) is 1.73. The van der Waals surface area contributed by atoms with Gasteiger partial charge in [-0.15, -0.1) is 24.8 Å². The number of halogens is 2. The van der Waals surface area contributed by atoms with Crippen molar-refractivity contribution in [3.8, 4) is 0 Å². The standard InChI is InChI=1S/C21H32N4O3.2ClH/c22-19(17-7-13-28-14-8-17)21(27)24-15-16-3-5-18(6-4-16)20(26)23-9-12-25-10-1-2-11-25;;/h3-6,17,19H,1-2,7-15,22H2,(H,23,26)(H,24,27);2*1H. The van der Waals surface area contributed by atoms with Crippen molar-refractivity contribution in [1.29, 1.82) is 0 Å². The minimum atomic E-state index is -0.496. The van der Waals surface area contributed by atoms with E-state index < -0.39 is 6.04 Å². The molecule has 9 heteroatoms. The molecule has 0 aliphatic carbocycles. The zero-order valence-corrected chi connectivity index (χ0v) is 18.9. The van der Waals surface area contributed by atoms with E-state index in [1.165, 1.54) is 12.8 Å². The Bertz CT molecular complexity index is 648. The topological polar surface area (TPSA) is 96.7 Å². The van der Waals surface area contributed by atoms with E-state index in [4.69, 9.17) is 10.5 Å². The van der Waals surface area contributed by atoms with Gasteiger partial charge >= 0.3 is 0 Å². The van der Waals surface area contributed by atoms with Gasteiger partial charge in [-0.05, 0) is 62.4 Å². The highest BCUT2D eigenvalue weighted by atomic mass is 35.5. The molecule has 2 saturated heterocycles. The van der Waals surface area contributed by atoms with Gasteiger partial charge in [0.25, 0.3) is 5.91 Å². The molecule has 0 radical (unpaired) electrons. The molecule has 4 N–H and O–H groups in total. The number of nitrogens with zero attached hydrogens (tertiary/aromatic N) is 1. The lowest BCUT2D eigenvalue weighted by Gasteiger charge is -2.26. The molecule has 2 aliphatic rings. The lowest BCUT2D eigenvalue weighted by atomic mass is 9.92. The van der Waals surface area contributed by atoms with E-state index in [0.717, 1.165) is 38.0 Å². The zero-order chi connectivity index (χ0) is 19.8. The maximum atomic E-state index is 12.3. The Labute approximate surface area is 191 Å². The van der Waals surface area contributed by atoms with Crippen LogP contribution in [-0.2, 0) is 16.1 Å². The van der Waals surface area contributed by atoms with Crippen LogP contribution in [0.2, 0.25) is 0 Å². The number of carbonyl (C=O) groups is 2. The summed E-state index contributed by atoms with van der Waals surface area (Å²) in [4.78, 5) is 26.9. The highest BCUT2D eigenvalue weighted by Crippen LogP contribution is 2.17. The van der Waals surface area contributed by atoms with Gasteiger partial charge in [0, 0.05) is 38.4 Å². The third-order valence-corrected chi connectivity index (χ3v) is 5.67. The first kappa shape index (κ1) is 26.7. The Kier molecular flexibility index (Phi) is 12.3. The number of nitrogens with two attached hydrogens (primary N) is 1. The van der Waals surface area contributed by atoms with E-state index in [2.05, 4.69) is 15.5 Å². The fourth-order valence-electron chi connectivity index (χ4n) is 3.81. The van der Waals surface area contributed by atoms with Gasteiger partial charge < -0.3 is 26.0 Å². The summed E-state index contributed by atoms with van der Waals surface area (Å²) >= 11 is 0. The molecular weight excluding hydrogens is 427 g/mol. The van der Waals surface area contributed by atoms with E-state index >= 15 is 0 Å². The van der Waals surface area contributed by atoms with Gasteiger partial charge in [0.1, 0.15) is 0 Å². The first-order valence-electron chi connectivity index (χ1n) is 10.3. The van der Waals surface area contributed by atoms with Crippen LogP contribution in [0.15, 0.2) is 24.3 Å². The van der Waals surface area contributed by atoms with Gasteiger partial charge in [-0.25, -0.2) is 0 Å². The Morgan fingerprint density at radius 2 is 1.70 bits per heavy atom. The summed E-state index contributed by atoms with van der Waals surface area (Å²) in [6.45, 7) is 5.60. The Balaban J connectivity index is 0.00000225. The molecule has 30 heavy (non-hydrogen) atoms. The molecule has 1 aromatic rings. The van der Waals surface area contributed by atoms with Crippen LogP contribution < -0.4 is 16.4 Å². The van der Waals surface area contributed by atoms with Crippen LogP contribution in [0.1, 0.15) is 41.6 Å². The van der Waals surface area contributed by atoms with Crippen molar-refractivity contribution in [2.75, 3.05) is 39.4 Å². The molecule has 2 heterocycles. The van der Waals surface area contributed by atoms with Crippen LogP contribution in [0.4, 0.5) is 0 Å². The summed E-state index contributed by atoms with van der Waals surface area (Å²) < 4.78 is 5.32. The molecule has 0 aromatic heterocycles. The van der Waals surface area contributed by atoms with Crippen molar-refractivity contribution in [2.45, 2.75) is 38.3 Å². The average Bonchev–Trinajstić information content (AvgIpc) is 3.26. The first-order valence-corrected chi connectivity index (χ1v) is 10.3. The SMILES string of the molecule is Cl.Cl.NC(C(=O)NCc1ccc(C(=O)NCCN2CCCC2)cc1)C1CCOCC1. The Hall–Kier alpha value is -1.38. The molecule has 170 valence electrons. The molecule has 2 aliphatic heterocycles. The van der Waals surface area contributed by atoms with E-state index in [1.54, 1.807) is 12.1 Å². The van der Waals surface area contributed by atoms with Crippen LogP contribution in [-0.4, -0.2) is 62.1 Å². The van der Waals surface area contributed by atoms with E-state index in [0.29, 0.717) is 31.9 Å². The predicted molar refractivity (Wildman–Crippen MR) is 122 cm³/mol. The number of carbonyl (C=O) groups excluding carboxylic acids is 2. The van der Waals surface area contributed by atoms with Gasteiger partial charge in [0.2, 0.25) is 5.91 Å². The minimum Gasteiger partial charge on any atom is -0.381 e. The number of nitrogens with one attached hydrogen (secondary N) is 2. The lowest BCUT2D eigenvalue weighted by Crippen LogP contribution is -2.46. The van der Waals surface area contributed by atoms with Gasteiger partial charge in [-0.3, -0.25) is 9.59 Å². The molecule has 3 rings (SSSR count). The summed E-state index contributed by atoms with van der Waals surface area (Å²) in [7, 11) is 0. The molecular formula is C21H34Cl2N4O3. The molecule has 0 saturated carbocycles. The van der Waals surface area contributed by atoms with Gasteiger partial charge in [-0.2, -0.15) is 0 Å². The molecule has 2 fully saturated rings. The normalized spacial score (nSPS) is 18.0. The maximum absolute atomic E-state index is 12.3. The second-order valence-corrected chi connectivity index (χ2v) is 7.69. The number of hydrogen-bond donors (Lipinski definition) is 3.